The molecule has 1 amide bonds. The van der Waals surface area contributed by atoms with Crippen molar-refractivity contribution in [2.75, 3.05) is 18.0 Å². The van der Waals surface area contributed by atoms with Gasteiger partial charge in [0.2, 0.25) is 0 Å². The Kier molecular flexibility index (Phi) is 4.39. The van der Waals surface area contributed by atoms with Crippen molar-refractivity contribution in [1.29, 1.82) is 0 Å². The maximum Gasteiger partial charge on any atom is 0.251 e. The van der Waals surface area contributed by atoms with Gasteiger partial charge in [-0.15, -0.1) is 0 Å². The number of aromatic nitrogens is 2. The normalized spacial score (nSPS) is 16.7. The van der Waals surface area contributed by atoms with Gasteiger partial charge in [0.15, 0.2) is 5.82 Å². The van der Waals surface area contributed by atoms with Crippen LogP contribution in [-0.2, 0) is 0 Å². The van der Waals surface area contributed by atoms with Crippen LogP contribution >= 0.6 is 0 Å². The van der Waals surface area contributed by atoms with Crippen LogP contribution in [-0.4, -0.2) is 35.2 Å². The molecule has 1 aliphatic rings. The minimum atomic E-state index is -0.407. The standard InChI is InChI=1S/C20H19FN4O/c21-16-8-4-7-15(11-16)20(26)22-17-9-10-25(13-17)19-12-18(23-24-19)14-5-2-1-3-6-14/h1-8,11-12,17H,9-10,13H2,(H,22,26)(H,23,24)/t17-/m1/s1. The highest BCUT2D eigenvalue weighted by atomic mass is 19.1. The lowest BCUT2D eigenvalue weighted by Crippen LogP contribution is -2.37. The Hall–Kier alpha value is -3.15. The van der Waals surface area contributed by atoms with Crippen molar-refractivity contribution in [1.82, 2.24) is 15.5 Å². The molecule has 1 aliphatic heterocycles. The van der Waals surface area contributed by atoms with E-state index < -0.39 is 5.82 Å². The van der Waals surface area contributed by atoms with Crippen LogP contribution in [0.5, 0.6) is 0 Å². The first-order valence-electron chi connectivity index (χ1n) is 8.61. The number of benzene rings is 2. The van der Waals surface area contributed by atoms with Crippen molar-refractivity contribution in [3.8, 4) is 11.3 Å². The molecule has 1 fully saturated rings. The number of nitrogens with zero attached hydrogens (tertiary/aromatic N) is 2. The topological polar surface area (TPSA) is 61.0 Å². The van der Waals surface area contributed by atoms with Gasteiger partial charge in [-0.2, -0.15) is 5.10 Å². The Morgan fingerprint density at radius 3 is 2.81 bits per heavy atom. The lowest BCUT2D eigenvalue weighted by atomic mass is 10.1. The van der Waals surface area contributed by atoms with Crippen LogP contribution < -0.4 is 10.2 Å². The number of amides is 1. The third-order valence-electron chi connectivity index (χ3n) is 4.58. The highest BCUT2D eigenvalue weighted by Gasteiger charge is 2.26. The number of carbonyl (C=O) groups excluding carboxylic acids is 1. The molecule has 4 rings (SSSR count). The maximum absolute atomic E-state index is 13.3. The summed E-state index contributed by atoms with van der Waals surface area (Å²) in [4.78, 5) is 14.4. The van der Waals surface area contributed by atoms with E-state index in [1.165, 1.54) is 12.1 Å². The SMILES string of the molecule is O=C(N[C@@H]1CCN(c2cc(-c3ccccc3)[nH]n2)C1)c1cccc(F)c1. The third kappa shape index (κ3) is 3.44. The predicted octanol–water partition coefficient (Wildman–Crippen LogP) is 3.22. The van der Waals surface area contributed by atoms with Gasteiger partial charge in [-0.3, -0.25) is 9.89 Å². The summed E-state index contributed by atoms with van der Waals surface area (Å²) in [6.45, 7) is 1.49. The lowest BCUT2D eigenvalue weighted by Gasteiger charge is -2.16. The zero-order valence-corrected chi connectivity index (χ0v) is 14.2. The van der Waals surface area contributed by atoms with E-state index in [0.717, 1.165) is 30.0 Å². The lowest BCUT2D eigenvalue weighted by molar-refractivity contribution is 0.0940. The molecule has 2 N–H and O–H groups in total. The van der Waals surface area contributed by atoms with E-state index >= 15 is 0 Å². The van der Waals surface area contributed by atoms with Crippen LogP contribution in [0.25, 0.3) is 11.3 Å². The van der Waals surface area contributed by atoms with Gasteiger partial charge < -0.3 is 10.2 Å². The van der Waals surface area contributed by atoms with Crippen molar-refractivity contribution < 1.29 is 9.18 Å². The summed E-state index contributed by atoms with van der Waals surface area (Å²) >= 11 is 0. The molecule has 1 saturated heterocycles. The van der Waals surface area contributed by atoms with Crippen molar-refractivity contribution >= 4 is 11.7 Å². The zero-order chi connectivity index (χ0) is 17.9. The van der Waals surface area contributed by atoms with Gasteiger partial charge in [0.25, 0.3) is 5.91 Å². The van der Waals surface area contributed by atoms with Crippen LogP contribution in [0.15, 0.2) is 60.7 Å². The first kappa shape index (κ1) is 16.3. The Balaban J connectivity index is 1.40. The average Bonchev–Trinajstić information content (AvgIpc) is 3.32. The molecule has 0 aliphatic carbocycles. The Morgan fingerprint density at radius 2 is 2.00 bits per heavy atom. The zero-order valence-electron chi connectivity index (χ0n) is 14.2. The fraction of sp³-hybridized carbons (Fsp3) is 0.200. The second-order valence-electron chi connectivity index (χ2n) is 6.42. The molecule has 0 unspecified atom stereocenters. The monoisotopic (exact) mass is 350 g/mol. The Bertz CT molecular complexity index is 909. The molecule has 0 bridgehead atoms. The molecule has 3 aromatic rings. The molecule has 26 heavy (non-hydrogen) atoms. The molecule has 0 saturated carbocycles. The number of anilines is 1. The average molecular weight is 350 g/mol. The first-order chi connectivity index (χ1) is 12.7. The van der Waals surface area contributed by atoms with E-state index in [1.54, 1.807) is 12.1 Å². The number of aromatic amines is 1. The maximum atomic E-state index is 13.3. The molecule has 0 spiro atoms. The van der Waals surface area contributed by atoms with Crippen LogP contribution in [0.2, 0.25) is 0 Å². The van der Waals surface area contributed by atoms with Crippen molar-refractivity contribution in [2.24, 2.45) is 0 Å². The molecule has 132 valence electrons. The third-order valence-corrected chi connectivity index (χ3v) is 4.58. The second-order valence-corrected chi connectivity index (χ2v) is 6.42. The highest BCUT2D eigenvalue weighted by Crippen LogP contribution is 2.24. The minimum absolute atomic E-state index is 0.0163. The van der Waals surface area contributed by atoms with E-state index in [2.05, 4.69) is 20.4 Å². The second kappa shape index (κ2) is 7.00. The fourth-order valence-electron chi connectivity index (χ4n) is 3.22. The van der Waals surface area contributed by atoms with Crippen LogP contribution in [0.3, 0.4) is 0 Å². The quantitative estimate of drug-likeness (QED) is 0.759. The number of H-pyrrole nitrogens is 1. The van der Waals surface area contributed by atoms with Crippen LogP contribution in [0.1, 0.15) is 16.8 Å². The summed E-state index contributed by atoms with van der Waals surface area (Å²) < 4.78 is 13.3. The van der Waals surface area contributed by atoms with Gasteiger partial charge in [-0.05, 0) is 30.2 Å². The molecule has 5 nitrogen and oxygen atoms in total. The van der Waals surface area contributed by atoms with Crippen LogP contribution in [0.4, 0.5) is 10.2 Å². The number of hydrogen-bond acceptors (Lipinski definition) is 3. The van der Waals surface area contributed by atoms with E-state index in [4.69, 9.17) is 0 Å². The summed E-state index contributed by atoms with van der Waals surface area (Å²) in [6, 6.07) is 17.8. The molecule has 1 atom stereocenters. The van der Waals surface area contributed by atoms with Gasteiger partial charge in [0.05, 0.1) is 5.69 Å². The number of carbonyl (C=O) groups is 1. The van der Waals surface area contributed by atoms with Crippen molar-refractivity contribution in [3.63, 3.8) is 0 Å². The van der Waals surface area contributed by atoms with E-state index in [0.29, 0.717) is 12.1 Å². The molecule has 2 heterocycles. The Labute approximate surface area is 150 Å². The molecule has 1 aromatic heterocycles. The molecule has 6 heteroatoms. The summed E-state index contributed by atoms with van der Waals surface area (Å²) in [5.74, 6) is 0.213. The number of halogens is 1. The fourth-order valence-corrected chi connectivity index (χ4v) is 3.22. The van der Waals surface area contributed by atoms with E-state index in [9.17, 15) is 9.18 Å². The first-order valence-corrected chi connectivity index (χ1v) is 8.61. The molecule has 2 aromatic carbocycles. The van der Waals surface area contributed by atoms with E-state index in [-0.39, 0.29) is 11.9 Å². The van der Waals surface area contributed by atoms with Gasteiger partial charge in [-0.25, -0.2) is 4.39 Å². The molecular weight excluding hydrogens is 331 g/mol. The minimum Gasteiger partial charge on any atom is -0.353 e. The van der Waals surface area contributed by atoms with E-state index in [1.807, 2.05) is 36.4 Å². The van der Waals surface area contributed by atoms with Crippen molar-refractivity contribution in [3.05, 3.63) is 72.0 Å². The predicted molar refractivity (Wildman–Crippen MR) is 98.5 cm³/mol. The van der Waals surface area contributed by atoms with Crippen LogP contribution in [0, 0.1) is 5.82 Å². The smallest absolute Gasteiger partial charge is 0.251 e. The number of nitrogens with one attached hydrogen (secondary N) is 2. The largest absolute Gasteiger partial charge is 0.353 e. The summed E-state index contributed by atoms with van der Waals surface area (Å²) in [7, 11) is 0. The van der Waals surface area contributed by atoms with Gasteiger partial charge in [0, 0.05) is 30.8 Å². The van der Waals surface area contributed by atoms with Gasteiger partial charge >= 0.3 is 0 Å². The van der Waals surface area contributed by atoms with Gasteiger partial charge in [0.1, 0.15) is 5.82 Å². The summed E-state index contributed by atoms with van der Waals surface area (Å²) in [5, 5.41) is 10.4. The van der Waals surface area contributed by atoms with Gasteiger partial charge in [-0.1, -0.05) is 36.4 Å². The summed E-state index contributed by atoms with van der Waals surface area (Å²) in [5.41, 5.74) is 2.39. The number of hydrogen-bond donors (Lipinski definition) is 2. The van der Waals surface area contributed by atoms with Crippen molar-refractivity contribution in [2.45, 2.75) is 12.5 Å². The Morgan fingerprint density at radius 1 is 1.15 bits per heavy atom. The number of rotatable bonds is 4. The molecular formula is C20H19FN4O. The summed E-state index contributed by atoms with van der Waals surface area (Å²) in [6.07, 6.45) is 0.828. The molecule has 0 radical (unpaired) electrons. The highest BCUT2D eigenvalue weighted by molar-refractivity contribution is 5.94.